The van der Waals surface area contributed by atoms with E-state index < -0.39 is 17.7 Å². The quantitative estimate of drug-likeness (QED) is 0.888. The fourth-order valence-corrected chi connectivity index (χ4v) is 2.82. The zero-order valence-corrected chi connectivity index (χ0v) is 10.2. The lowest BCUT2D eigenvalue weighted by atomic mass is 10.0. The summed E-state index contributed by atoms with van der Waals surface area (Å²) in [5.41, 5.74) is 7.49. The summed E-state index contributed by atoms with van der Waals surface area (Å²) < 4.78 is 26.4. The molecule has 0 aliphatic carbocycles. The molecule has 1 heterocycles. The molecule has 0 fully saturated rings. The fourth-order valence-electron chi connectivity index (χ4n) is 1.81. The fraction of sp³-hybridized carbons (Fsp3) is 0.231. The molecule has 1 nitrogen and oxygen atoms in total. The first-order valence-electron chi connectivity index (χ1n) is 5.40. The molecule has 4 heteroatoms. The lowest BCUT2D eigenvalue weighted by Crippen LogP contribution is -2.13. The van der Waals surface area contributed by atoms with Gasteiger partial charge in [-0.3, -0.25) is 0 Å². The van der Waals surface area contributed by atoms with Gasteiger partial charge in [0.15, 0.2) is 0 Å². The summed E-state index contributed by atoms with van der Waals surface area (Å²) >= 11 is 1.50. The van der Waals surface area contributed by atoms with Crippen molar-refractivity contribution in [3.05, 3.63) is 57.3 Å². The molecule has 0 bridgehead atoms. The van der Waals surface area contributed by atoms with E-state index in [0.29, 0.717) is 5.56 Å². The lowest BCUT2D eigenvalue weighted by Gasteiger charge is -2.13. The Bertz CT molecular complexity index is 522. The van der Waals surface area contributed by atoms with Crippen molar-refractivity contribution in [1.82, 2.24) is 0 Å². The molecule has 0 radical (unpaired) electrons. The summed E-state index contributed by atoms with van der Waals surface area (Å²) in [6.45, 7) is 2.03. The molecule has 1 unspecified atom stereocenters. The topological polar surface area (TPSA) is 26.0 Å². The number of nitrogens with two attached hydrogens (primary N) is 1. The van der Waals surface area contributed by atoms with Gasteiger partial charge in [0, 0.05) is 16.5 Å². The maximum absolute atomic E-state index is 13.6. The van der Waals surface area contributed by atoms with Crippen LogP contribution in [0.4, 0.5) is 8.78 Å². The number of rotatable bonds is 3. The van der Waals surface area contributed by atoms with Crippen molar-refractivity contribution in [2.24, 2.45) is 5.73 Å². The number of thiophene rings is 1. The third-order valence-electron chi connectivity index (χ3n) is 2.74. The highest BCUT2D eigenvalue weighted by molar-refractivity contribution is 7.10. The Balaban J connectivity index is 2.40. The van der Waals surface area contributed by atoms with Crippen molar-refractivity contribution in [2.45, 2.75) is 19.4 Å². The van der Waals surface area contributed by atoms with E-state index in [1.54, 1.807) is 0 Å². The summed E-state index contributed by atoms with van der Waals surface area (Å²) in [4.78, 5) is 0.943. The van der Waals surface area contributed by atoms with Crippen LogP contribution < -0.4 is 5.73 Å². The van der Waals surface area contributed by atoms with Gasteiger partial charge >= 0.3 is 0 Å². The Morgan fingerprint density at radius 3 is 2.71 bits per heavy atom. The zero-order chi connectivity index (χ0) is 12.4. The van der Waals surface area contributed by atoms with E-state index in [1.165, 1.54) is 23.5 Å². The summed E-state index contributed by atoms with van der Waals surface area (Å²) in [7, 11) is 0. The second-order valence-corrected chi connectivity index (χ2v) is 4.75. The molecule has 2 N–H and O–H groups in total. The Morgan fingerprint density at radius 1 is 1.29 bits per heavy atom. The predicted octanol–water partition coefficient (Wildman–Crippen LogP) is 3.64. The van der Waals surface area contributed by atoms with Gasteiger partial charge in [0.25, 0.3) is 0 Å². The van der Waals surface area contributed by atoms with Gasteiger partial charge in [-0.25, -0.2) is 8.78 Å². The minimum atomic E-state index is -0.590. The van der Waals surface area contributed by atoms with Crippen molar-refractivity contribution in [3.8, 4) is 0 Å². The normalized spacial score (nSPS) is 12.7. The Hall–Kier alpha value is -1.26. The number of halogens is 2. The average Bonchev–Trinajstić information content (AvgIpc) is 2.76. The lowest BCUT2D eigenvalue weighted by molar-refractivity contribution is 0.566. The molecule has 2 aromatic rings. The first kappa shape index (κ1) is 12.2. The van der Waals surface area contributed by atoms with Crippen LogP contribution in [0.2, 0.25) is 0 Å². The molecule has 0 saturated carbocycles. The SMILES string of the molecule is CCc1ccsc1C(N)c1ccc(F)cc1F. The van der Waals surface area contributed by atoms with Gasteiger partial charge in [0.05, 0.1) is 6.04 Å². The maximum Gasteiger partial charge on any atom is 0.131 e. The first-order valence-corrected chi connectivity index (χ1v) is 6.28. The monoisotopic (exact) mass is 253 g/mol. The smallest absolute Gasteiger partial charge is 0.131 e. The van der Waals surface area contributed by atoms with Crippen LogP contribution in [0.25, 0.3) is 0 Å². The molecule has 1 aromatic carbocycles. The highest BCUT2D eigenvalue weighted by Crippen LogP contribution is 2.29. The first-order chi connectivity index (χ1) is 8.13. The minimum Gasteiger partial charge on any atom is -0.320 e. The average molecular weight is 253 g/mol. The van der Waals surface area contributed by atoms with E-state index in [2.05, 4.69) is 0 Å². The van der Waals surface area contributed by atoms with Gasteiger partial charge < -0.3 is 5.73 Å². The highest BCUT2D eigenvalue weighted by Gasteiger charge is 2.17. The molecule has 2 rings (SSSR count). The summed E-state index contributed by atoms with van der Waals surface area (Å²) in [6, 6.07) is 4.98. The second-order valence-electron chi connectivity index (χ2n) is 3.81. The summed E-state index contributed by atoms with van der Waals surface area (Å²) in [5.74, 6) is -1.17. The molecule has 90 valence electrons. The molecule has 0 aliphatic heterocycles. The predicted molar refractivity (Wildman–Crippen MR) is 66.1 cm³/mol. The molecule has 1 aromatic heterocycles. The minimum absolute atomic E-state index is 0.337. The van der Waals surface area contributed by atoms with Crippen molar-refractivity contribution in [3.63, 3.8) is 0 Å². The number of aryl methyl sites for hydroxylation is 1. The van der Waals surface area contributed by atoms with Gasteiger partial charge in [-0.05, 0) is 29.5 Å². The molecular weight excluding hydrogens is 240 g/mol. The number of hydrogen-bond donors (Lipinski definition) is 1. The molecular formula is C13H13F2NS. The van der Waals surface area contributed by atoms with Crippen LogP contribution in [-0.2, 0) is 6.42 Å². The van der Waals surface area contributed by atoms with Gasteiger partial charge in [-0.15, -0.1) is 11.3 Å². The molecule has 0 saturated heterocycles. The largest absolute Gasteiger partial charge is 0.320 e. The highest BCUT2D eigenvalue weighted by atomic mass is 32.1. The van der Waals surface area contributed by atoms with E-state index in [1.807, 2.05) is 18.4 Å². The summed E-state index contributed by atoms with van der Waals surface area (Å²) in [5, 5.41) is 1.94. The van der Waals surface area contributed by atoms with E-state index in [0.717, 1.165) is 22.9 Å². The Kier molecular flexibility index (Phi) is 3.54. The van der Waals surface area contributed by atoms with Gasteiger partial charge in [-0.1, -0.05) is 13.0 Å². The molecule has 1 atom stereocenters. The second kappa shape index (κ2) is 4.94. The van der Waals surface area contributed by atoms with Crippen molar-refractivity contribution in [1.29, 1.82) is 0 Å². The molecule has 0 spiro atoms. The van der Waals surface area contributed by atoms with Gasteiger partial charge in [-0.2, -0.15) is 0 Å². The van der Waals surface area contributed by atoms with Crippen molar-refractivity contribution in [2.75, 3.05) is 0 Å². The van der Waals surface area contributed by atoms with Crippen LogP contribution in [0.3, 0.4) is 0 Å². The van der Waals surface area contributed by atoms with E-state index >= 15 is 0 Å². The third kappa shape index (κ3) is 2.37. The maximum atomic E-state index is 13.6. The van der Waals surface area contributed by atoms with Crippen LogP contribution in [0, 0.1) is 11.6 Å². The van der Waals surface area contributed by atoms with Crippen LogP contribution in [-0.4, -0.2) is 0 Å². The zero-order valence-electron chi connectivity index (χ0n) is 9.41. The van der Waals surface area contributed by atoms with Gasteiger partial charge in [0.2, 0.25) is 0 Å². The van der Waals surface area contributed by atoms with Crippen molar-refractivity contribution < 1.29 is 8.78 Å². The van der Waals surface area contributed by atoms with Crippen molar-refractivity contribution >= 4 is 11.3 Å². The van der Waals surface area contributed by atoms with Crippen LogP contribution >= 0.6 is 11.3 Å². The van der Waals surface area contributed by atoms with Gasteiger partial charge in [0.1, 0.15) is 11.6 Å². The molecule has 17 heavy (non-hydrogen) atoms. The Labute approximate surface area is 103 Å². The van der Waals surface area contributed by atoms with E-state index in [4.69, 9.17) is 5.73 Å². The summed E-state index contributed by atoms with van der Waals surface area (Å²) in [6.07, 6.45) is 0.856. The molecule has 0 aliphatic rings. The standard InChI is InChI=1S/C13H13F2NS/c1-2-8-5-6-17-13(8)12(16)10-4-3-9(14)7-11(10)15/h3-7,12H,2,16H2,1H3. The Morgan fingerprint density at radius 2 is 2.06 bits per heavy atom. The number of benzene rings is 1. The van der Waals surface area contributed by atoms with Crippen LogP contribution in [0.1, 0.15) is 29.0 Å². The van der Waals surface area contributed by atoms with Crippen LogP contribution in [0.5, 0.6) is 0 Å². The third-order valence-corrected chi connectivity index (χ3v) is 3.78. The van der Waals surface area contributed by atoms with Crippen LogP contribution in [0.15, 0.2) is 29.6 Å². The molecule has 0 amide bonds. The van der Waals surface area contributed by atoms with E-state index in [9.17, 15) is 8.78 Å². The number of hydrogen-bond acceptors (Lipinski definition) is 2. The van der Waals surface area contributed by atoms with E-state index in [-0.39, 0.29) is 0 Å².